The van der Waals surface area contributed by atoms with Crippen LogP contribution >= 0.6 is 0 Å². The lowest BCUT2D eigenvalue weighted by Gasteiger charge is -2.07. The summed E-state index contributed by atoms with van der Waals surface area (Å²) >= 11 is 0. The largest absolute Gasteiger partial charge is 0.487 e. The van der Waals surface area contributed by atoms with Crippen LogP contribution in [0.25, 0.3) is 0 Å². The molecule has 0 atom stereocenters. The first-order chi connectivity index (χ1) is 9.11. The third-order valence-electron chi connectivity index (χ3n) is 2.56. The molecule has 0 saturated carbocycles. The van der Waals surface area contributed by atoms with Gasteiger partial charge in [-0.25, -0.2) is 4.79 Å². The Balaban J connectivity index is 2.27. The van der Waals surface area contributed by atoms with E-state index in [0.717, 1.165) is 0 Å². The molecule has 7 nitrogen and oxygen atoms in total. The highest BCUT2D eigenvalue weighted by molar-refractivity contribution is 5.25. The maximum atomic E-state index is 11.6. The molecule has 0 saturated heterocycles. The molecule has 7 heteroatoms. The van der Waals surface area contributed by atoms with Gasteiger partial charge in [0.2, 0.25) is 0 Å². The number of ether oxygens (including phenoxy) is 1. The smallest absolute Gasteiger partial charge is 0.328 e. The summed E-state index contributed by atoms with van der Waals surface area (Å²) in [5.41, 5.74) is -0.485. The van der Waals surface area contributed by atoms with E-state index in [4.69, 9.17) is 14.3 Å². The minimum absolute atomic E-state index is 0.109. The number of nitrogens with zero attached hydrogens (tertiary/aromatic N) is 1. The van der Waals surface area contributed by atoms with E-state index < -0.39 is 11.2 Å². The van der Waals surface area contributed by atoms with E-state index >= 15 is 0 Å². The van der Waals surface area contributed by atoms with Crippen LogP contribution in [0.2, 0.25) is 0 Å². The normalized spacial score (nSPS) is 10.6. The first kappa shape index (κ1) is 13.2. The number of aliphatic hydroxyl groups is 1. The number of nitrogens with one attached hydrogen (secondary N) is 1. The Morgan fingerprint density at radius 3 is 3.00 bits per heavy atom. The highest BCUT2D eigenvalue weighted by atomic mass is 16.5. The van der Waals surface area contributed by atoms with E-state index in [-0.39, 0.29) is 19.8 Å². The number of furan rings is 1. The molecule has 2 aromatic heterocycles. The van der Waals surface area contributed by atoms with E-state index in [2.05, 4.69) is 4.98 Å². The van der Waals surface area contributed by atoms with Crippen molar-refractivity contribution in [1.29, 1.82) is 0 Å². The lowest BCUT2D eigenvalue weighted by Crippen LogP contribution is -2.31. The Bertz CT molecular complexity index is 667. The van der Waals surface area contributed by atoms with Gasteiger partial charge in [-0.2, -0.15) is 0 Å². The highest BCUT2D eigenvalue weighted by Crippen LogP contribution is 2.20. The van der Waals surface area contributed by atoms with Gasteiger partial charge in [0, 0.05) is 17.8 Å². The molecule has 0 spiro atoms. The molecule has 0 radical (unpaired) electrons. The molecule has 0 aliphatic heterocycles. The minimum atomic E-state index is -0.514. The van der Waals surface area contributed by atoms with Gasteiger partial charge >= 0.3 is 5.69 Å². The number of aliphatic hydroxyl groups excluding tert-OH is 1. The summed E-state index contributed by atoms with van der Waals surface area (Å²) in [6, 6.07) is 1.61. The predicted molar refractivity (Wildman–Crippen MR) is 66.5 cm³/mol. The molecule has 2 rings (SSSR count). The van der Waals surface area contributed by atoms with E-state index in [9.17, 15) is 9.59 Å². The molecule has 102 valence electrons. The van der Waals surface area contributed by atoms with Crippen molar-refractivity contribution in [2.75, 3.05) is 13.2 Å². The molecule has 19 heavy (non-hydrogen) atoms. The Morgan fingerprint density at radius 2 is 2.26 bits per heavy atom. The van der Waals surface area contributed by atoms with Crippen LogP contribution in [0.5, 0.6) is 5.75 Å². The van der Waals surface area contributed by atoms with Gasteiger partial charge in [0.25, 0.3) is 5.56 Å². The van der Waals surface area contributed by atoms with Gasteiger partial charge in [-0.05, 0) is 6.92 Å². The predicted octanol–water partition coefficient (Wildman–Crippen LogP) is -0.143. The topological polar surface area (TPSA) is 97.5 Å². The zero-order chi connectivity index (χ0) is 13.8. The minimum Gasteiger partial charge on any atom is -0.487 e. The van der Waals surface area contributed by atoms with Crippen molar-refractivity contribution < 1.29 is 14.3 Å². The first-order valence-electron chi connectivity index (χ1n) is 5.72. The van der Waals surface area contributed by atoms with Gasteiger partial charge in [-0.1, -0.05) is 0 Å². The van der Waals surface area contributed by atoms with Crippen molar-refractivity contribution in [3.8, 4) is 5.75 Å². The van der Waals surface area contributed by atoms with Crippen LogP contribution in [0, 0.1) is 6.92 Å². The van der Waals surface area contributed by atoms with Crippen molar-refractivity contribution in [1.82, 2.24) is 9.55 Å². The third-order valence-corrected chi connectivity index (χ3v) is 2.56. The van der Waals surface area contributed by atoms with Gasteiger partial charge in [0.1, 0.15) is 6.61 Å². The molecule has 0 aliphatic carbocycles. The van der Waals surface area contributed by atoms with Crippen molar-refractivity contribution >= 4 is 0 Å². The van der Waals surface area contributed by atoms with Gasteiger partial charge in [0.05, 0.1) is 19.4 Å². The number of aromatic amines is 1. The number of aryl methyl sites for hydroxylation is 1. The Kier molecular flexibility index (Phi) is 3.86. The van der Waals surface area contributed by atoms with Crippen LogP contribution in [0.15, 0.2) is 32.5 Å². The molecule has 2 aromatic rings. The van der Waals surface area contributed by atoms with E-state index in [1.165, 1.54) is 17.0 Å². The summed E-state index contributed by atoms with van der Waals surface area (Å²) in [6.45, 7) is 1.79. The Labute approximate surface area is 108 Å². The maximum Gasteiger partial charge on any atom is 0.328 e. The van der Waals surface area contributed by atoms with Crippen LogP contribution < -0.4 is 16.0 Å². The number of aromatic nitrogens is 2. The number of H-pyrrole nitrogens is 1. The summed E-state index contributed by atoms with van der Waals surface area (Å²) < 4.78 is 11.8. The molecule has 0 amide bonds. The summed E-state index contributed by atoms with van der Waals surface area (Å²) in [6.07, 6.45) is 2.89. The Morgan fingerprint density at radius 1 is 1.47 bits per heavy atom. The monoisotopic (exact) mass is 266 g/mol. The molecule has 0 unspecified atom stereocenters. The highest BCUT2D eigenvalue weighted by Gasteiger charge is 2.10. The fourth-order valence-corrected chi connectivity index (χ4v) is 1.62. The van der Waals surface area contributed by atoms with Crippen LogP contribution in [0.1, 0.15) is 11.3 Å². The SMILES string of the molecule is Cc1cn(Cc2occc2OCCO)c(=O)[nH]c1=O. The summed E-state index contributed by atoms with van der Waals surface area (Å²) in [5, 5.41) is 8.71. The molecule has 0 aliphatic rings. The number of hydrogen-bond acceptors (Lipinski definition) is 5. The Hall–Kier alpha value is -2.28. The average molecular weight is 266 g/mol. The van der Waals surface area contributed by atoms with E-state index in [1.54, 1.807) is 13.0 Å². The first-order valence-corrected chi connectivity index (χ1v) is 5.72. The maximum absolute atomic E-state index is 11.6. The second-order valence-electron chi connectivity index (χ2n) is 3.98. The fraction of sp³-hybridized carbons (Fsp3) is 0.333. The van der Waals surface area contributed by atoms with Crippen molar-refractivity contribution in [2.24, 2.45) is 0 Å². The quantitative estimate of drug-likeness (QED) is 0.784. The molecule has 0 bridgehead atoms. The number of rotatable bonds is 5. The van der Waals surface area contributed by atoms with Gasteiger partial charge < -0.3 is 14.3 Å². The molecule has 0 fully saturated rings. The van der Waals surface area contributed by atoms with Crippen LogP contribution in [-0.4, -0.2) is 27.9 Å². The summed E-state index contributed by atoms with van der Waals surface area (Å²) in [4.78, 5) is 25.1. The second kappa shape index (κ2) is 5.57. The summed E-state index contributed by atoms with van der Waals surface area (Å²) in [5.74, 6) is 0.909. The second-order valence-corrected chi connectivity index (χ2v) is 3.98. The molecule has 0 aromatic carbocycles. The van der Waals surface area contributed by atoms with Crippen LogP contribution in [0.4, 0.5) is 0 Å². The summed E-state index contributed by atoms with van der Waals surface area (Å²) in [7, 11) is 0. The van der Waals surface area contributed by atoms with Crippen molar-refractivity contribution in [3.05, 3.63) is 50.7 Å². The van der Waals surface area contributed by atoms with Crippen molar-refractivity contribution in [2.45, 2.75) is 13.5 Å². The van der Waals surface area contributed by atoms with Gasteiger partial charge in [-0.3, -0.25) is 14.3 Å². The van der Waals surface area contributed by atoms with Crippen LogP contribution in [0.3, 0.4) is 0 Å². The van der Waals surface area contributed by atoms with Gasteiger partial charge in [-0.15, -0.1) is 0 Å². The third kappa shape index (κ3) is 2.94. The lowest BCUT2D eigenvalue weighted by molar-refractivity contribution is 0.198. The van der Waals surface area contributed by atoms with Crippen LogP contribution in [-0.2, 0) is 6.54 Å². The van der Waals surface area contributed by atoms with Gasteiger partial charge in [0.15, 0.2) is 11.5 Å². The lowest BCUT2D eigenvalue weighted by atomic mass is 10.3. The molecular weight excluding hydrogens is 252 g/mol. The van der Waals surface area contributed by atoms with Crippen molar-refractivity contribution in [3.63, 3.8) is 0 Å². The average Bonchev–Trinajstić information content (AvgIpc) is 2.81. The molecular formula is C12H14N2O5. The zero-order valence-electron chi connectivity index (χ0n) is 10.4. The zero-order valence-corrected chi connectivity index (χ0v) is 10.4. The molecule has 2 heterocycles. The standard InChI is InChI=1S/C12H14N2O5/c1-8-6-14(12(17)13-11(8)16)7-10-9(2-4-18-10)19-5-3-15/h2,4,6,15H,3,5,7H2,1H3,(H,13,16,17). The van der Waals surface area contributed by atoms with E-state index in [0.29, 0.717) is 17.1 Å². The number of hydrogen-bond donors (Lipinski definition) is 2. The van der Waals surface area contributed by atoms with E-state index in [1.807, 2.05) is 0 Å². The molecule has 2 N–H and O–H groups in total. The fourth-order valence-electron chi connectivity index (χ4n) is 1.62.